The molecule has 2 N–H and O–H groups in total. The standard InChI is InChI=1S/C11H13N3O2/c15-10(14-9-3-4-9)7-13-11(16)8-2-1-5-12-6-8/h1-2,5-6,9H,3-4,7H2,(H,13,16)(H,14,15). The number of amides is 2. The molecule has 0 aliphatic heterocycles. The third-order valence-electron chi connectivity index (χ3n) is 2.28. The van der Waals surface area contributed by atoms with E-state index in [-0.39, 0.29) is 18.4 Å². The van der Waals surface area contributed by atoms with Gasteiger partial charge in [0.1, 0.15) is 0 Å². The first kappa shape index (κ1) is 10.6. The summed E-state index contributed by atoms with van der Waals surface area (Å²) in [6.45, 7) is 0.0181. The Kier molecular flexibility index (Phi) is 3.14. The second-order valence-electron chi connectivity index (χ2n) is 3.77. The van der Waals surface area contributed by atoms with Gasteiger partial charge in [0.05, 0.1) is 12.1 Å². The molecular formula is C11H13N3O2. The van der Waals surface area contributed by atoms with Crippen LogP contribution in [0.15, 0.2) is 24.5 Å². The first-order valence-corrected chi connectivity index (χ1v) is 5.23. The van der Waals surface area contributed by atoms with Gasteiger partial charge in [0, 0.05) is 18.4 Å². The van der Waals surface area contributed by atoms with Gasteiger partial charge in [0.2, 0.25) is 5.91 Å². The van der Waals surface area contributed by atoms with Gasteiger partial charge in [0.25, 0.3) is 5.91 Å². The van der Waals surface area contributed by atoms with Gasteiger partial charge < -0.3 is 10.6 Å². The predicted molar refractivity (Wildman–Crippen MR) is 57.7 cm³/mol. The van der Waals surface area contributed by atoms with Crippen molar-refractivity contribution < 1.29 is 9.59 Å². The molecule has 1 aromatic heterocycles. The average molecular weight is 219 g/mol. The highest BCUT2D eigenvalue weighted by molar-refractivity contribution is 5.96. The molecule has 0 bridgehead atoms. The maximum atomic E-state index is 11.5. The summed E-state index contributed by atoms with van der Waals surface area (Å²) < 4.78 is 0. The minimum atomic E-state index is -0.279. The molecule has 0 spiro atoms. The lowest BCUT2D eigenvalue weighted by Gasteiger charge is -2.05. The third-order valence-corrected chi connectivity index (χ3v) is 2.28. The number of nitrogens with zero attached hydrogens (tertiary/aromatic N) is 1. The van der Waals surface area contributed by atoms with Gasteiger partial charge in [0.15, 0.2) is 0 Å². The summed E-state index contributed by atoms with van der Waals surface area (Å²) in [7, 11) is 0. The maximum absolute atomic E-state index is 11.5. The molecule has 1 heterocycles. The lowest BCUT2D eigenvalue weighted by Crippen LogP contribution is -2.37. The summed E-state index contributed by atoms with van der Waals surface area (Å²) in [6.07, 6.45) is 5.15. The molecule has 1 aromatic rings. The Labute approximate surface area is 93.3 Å². The minimum absolute atomic E-state index is 0.0181. The lowest BCUT2D eigenvalue weighted by molar-refractivity contribution is -0.120. The van der Waals surface area contributed by atoms with Crippen LogP contribution in [0.4, 0.5) is 0 Å². The molecular weight excluding hydrogens is 206 g/mol. The van der Waals surface area contributed by atoms with Gasteiger partial charge in [-0.05, 0) is 25.0 Å². The normalized spacial score (nSPS) is 14.2. The Morgan fingerprint density at radius 1 is 1.44 bits per heavy atom. The first-order chi connectivity index (χ1) is 7.75. The molecule has 2 rings (SSSR count). The minimum Gasteiger partial charge on any atom is -0.352 e. The van der Waals surface area contributed by atoms with Crippen LogP contribution in [0.2, 0.25) is 0 Å². The molecule has 1 aliphatic carbocycles. The zero-order valence-electron chi connectivity index (χ0n) is 8.77. The molecule has 0 saturated heterocycles. The van der Waals surface area contributed by atoms with Gasteiger partial charge in [-0.2, -0.15) is 0 Å². The van der Waals surface area contributed by atoms with Gasteiger partial charge in [-0.15, -0.1) is 0 Å². The van der Waals surface area contributed by atoms with Crippen molar-refractivity contribution in [3.63, 3.8) is 0 Å². The number of hydrogen-bond donors (Lipinski definition) is 2. The quantitative estimate of drug-likeness (QED) is 0.754. The highest BCUT2D eigenvalue weighted by atomic mass is 16.2. The summed E-state index contributed by atoms with van der Waals surface area (Å²) >= 11 is 0. The van der Waals surface area contributed by atoms with Crippen LogP contribution in [0.1, 0.15) is 23.2 Å². The molecule has 0 atom stereocenters. The van der Waals surface area contributed by atoms with Crippen LogP contribution >= 0.6 is 0 Å². The molecule has 1 aliphatic rings. The number of hydrogen-bond acceptors (Lipinski definition) is 3. The zero-order valence-corrected chi connectivity index (χ0v) is 8.77. The number of carbonyl (C=O) groups is 2. The van der Waals surface area contributed by atoms with Gasteiger partial charge >= 0.3 is 0 Å². The van der Waals surface area contributed by atoms with E-state index in [1.165, 1.54) is 6.20 Å². The van der Waals surface area contributed by atoms with Crippen molar-refractivity contribution >= 4 is 11.8 Å². The van der Waals surface area contributed by atoms with Crippen molar-refractivity contribution in [1.82, 2.24) is 15.6 Å². The number of pyridine rings is 1. The summed E-state index contributed by atoms with van der Waals surface area (Å²) in [5, 5.41) is 5.33. The third kappa shape index (κ3) is 3.05. The monoisotopic (exact) mass is 219 g/mol. The number of nitrogens with one attached hydrogen (secondary N) is 2. The molecule has 0 unspecified atom stereocenters. The average Bonchev–Trinajstić information content (AvgIpc) is 3.11. The zero-order chi connectivity index (χ0) is 11.4. The van der Waals surface area contributed by atoms with Crippen LogP contribution in [-0.2, 0) is 4.79 Å². The van der Waals surface area contributed by atoms with Gasteiger partial charge in [-0.25, -0.2) is 0 Å². The highest BCUT2D eigenvalue weighted by Crippen LogP contribution is 2.18. The molecule has 5 nitrogen and oxygen atoms in total. The van der Waals surface area contributed by atoms with E-state index >= 15 is 0 Å². The number of rotatable bonds is 4. The summed E-state index contributed by atoms with van der Waals surface area (Å²) in [6, 6.07) is 3.66. The van der Waals surface area contributed by atoms with Crippen molar-refractivity contribution in [2.24, 2.45) is 0 Å². The van der Waals surface area contributed by atoms with Crippen LogP contribution < -0.4 is 10.6 Å². The van der Waals surface area contributed by atoms with E-state index in [2.05, 4.69) is 15.6 Å². The van der Waals surface area contributed by atoms with Crippen molar-refractivity contribution in [3.05, 3.63) is 30.1 Å². The molecule has 1 fully saturated rings. The van der Waals surface area contributed by atoms with E-state index in [4.69, 9.17) is 0 Å². The summed E-state index contributed by atoms with van der Waals surface area (Å²) in [4.78, 5) is 26.6. The maximum Gasteiger partial charge on any atom is 0.253 e. The van der Waals surface area contributed by atoms with Crippen LogP contribution in [0.25, 0.3) is 0 Å². The van der Waals surface area contributed by atoms with Crippen molar-refractivity contribution in [2.75, 3.05) is 6.54 Å². The molecule has 1 saturated carbocycles. The molecule has 0 radical (unpaired) electrons. The Bertz CT molecular complexity index is 387. The van der Waals surface area contributed by atoms with Gasteiger partial charge in [-0.3, -0.25) is 14.6 Å². The molecule has 5 heteroatoms. The Morgan fingerprint density at radius 3 is 2.88 bits per heavy atom. The number of carbonyl (C=O) groups excluding carboxylic acids is 2. The van der Waals surface area contributed by atoms with E-state index in [1.807, 2.05) is 0 Å². The van der Waals surface area contributed by atoms with Crippen LogP contribution in [-0.4, -0.2) is 29.4 Å². The summed E-state index contributed by atoms with van der Waals surface area (Å²) in [5.41, 5.74) is 0.460. The number of aromatic nitrogens is 1. The fraction of sp³-hybridized carbons (Fsp3) is 0.364. The topological polar surface area (TPSA) is 71.1 Å². The Hall–Kier alpha value is -1.91. The fourth-order valence-corrected chi connectivity index (χ4v) is 1.27. The lowest BCUT2D eigenvalue weighted by atomic mass is 10.3. The van der Waals surface area contributed by atoms with E-state index in [1.54, 1.807) is 18.3 Å². The Morgan fingerprint density at radius 2 is 2.25 bits per heavy atom. The second kappa shape index (κ2) is 4.74. The molecule has 0 aromatic carbocycles. The molecule has 84 valence electrons. The van der Waals surface area contributed by atoms with E-state index in [0.29, 0.717) is 11.6 Å². The van der Waals surface area contributed by atoms with Gasteiger partial charge in [-0.1, -0.05) is 0 Å². The molecule has 16 heavy (non-hydrogen) atoms. The van der Waals surface area contributed by atoms with Crippen molar-refractivity contribution in [2.45, 2.75) is 18.9 Å². The first-order valence-electron chi connectivity index (χ1n) is 5.23. The predicted octanol–water partition coefficient (Wildman–Crippen LogP) is 0.0900. The molecule has 2 amide bonds. The highest BCUT2D eigenvalue weighted by Gasteiger charge is 2.23. The summed E-state index contributed by atoms with van der Waals surface area (Å²) in [5.74, 6) is -0.418. The van der Waals surface area contributed by atoms with Crippen LogP contribution in [0, 0.1) is 0 Å². The van der Waals surface area contributed by atoms with Crippen LogP contribution in [0.3, 0.4) is 0 Å². The van der Waals surface area contributed by atoms with E-state index in [9.17, 15) is 9.59 Å². The van der Waals surface area contributed by atoms with Crippen molar-refractivity contribution in [1.29, 1.82) is 0 Å². The van der Waals surface area contributed by atoms with Crippen molar-refractivity contribution in [3.8, 4) is 0 Å². The van der Waals surface area contributed by atoms with E-state index in [0.717, 1.165) is 12.8 Å². The fourth-order valence-electron chi connectivity index (χ4n) is 1.27. The van der Waals surface area contributed by atoms with E-state index < -0.39 is 0 Å². The second-order valence-corrected chi connectivity index (χ2v) is 3.77. The largest absolute Gasteiger partial charge is 0.352 e. The SMILES string of the molecule is O=C(CNC(=O)c1cccnc1)NC1CC1. The Balaban J connectivity index is 1.77. The van der Waals surface area contributed by atoms with Crippen LogP contribution in [0.5, 0.6) is 0 Å². The smallest absolute Gasteiger partial charge is 0.253 e.